The van der Waals surface area contributed by atoms with Crippen LogP contribution >= 0.6 is 0 Å². The van der Waals surface area contributed by atoms with E-state index in [1.54, 1.807) is 12.4 Å². The highest BCUT2D eigenvalue weighted by Crippen LogP contribution is 2.25. The Labute approximate surface area is 96.9 Å². The average molecular weight is 220 g/mol. The molecule has 16 heavy (non-hydrogen) atoms. The third-order valence-electron chi connectivity index (χ3n) is 3.23. The minimum Gasteiger partial charge on any atom is -0.351 e. The number of hydrogen-bond acceptors (Lipinski definition) is 4. The number of nitrogens with two attached hydrogens (primary N) is 1. The Morgan fingerprint density at radius 2 is 2.06 bits per heavy atom. The summed E-state index contributed by atoms with van der Waals surface area (Å²) in [7, 11) is 0. The first-order chi connectivity index (χ1) is 7.92. The molecule has 0 spiro atoms. The quantitative estimate of drug-likeness (QED) is 0.837. The van der Waals surface area contributed by atoms with E-state index in [4.69, 9.17) is 5.73 Å². The Bertz CT molecular complexity index is 295. The van der Waals surface area contributed by atoms with E-state index >= 15 is 0 Å². The highest BCUT2D eigenvalue weighted by molar-refractivity contribution is 5.36. The van der Waals surface area contributed by atoms with Crippen LogP contribution in [0, 0.1) is 0 Å². The highest BCUT2D eigenvalue weighted by Gasteiger charge is 2.21. The molecule has 1 saturated carbocycles. The zero-order chi connectivity index (χ0) is 11.2. The maximum atomic E-state index is 5.68. The third kappa shape index (κ3) is 2.70. The van der Waals surface area contributed by atoms with Crippen molar-refractivity contribution < 1.29 is 0 Å². The van der Waals surface area contributed by atoms with E-state index in [-0.39, 0.29) is 0 Å². The molecule has 2 rings (SSSR count). The van der Waals surface area contributed by atoms with Gasteiger partial charge in [-0.1, -0.05) is 19.3 Å². The first-order valence-corrected chi connectivity index (χ1v) is 6.14. The van der Waals surface area contributed by atoms with Crippen LogP contribution in [0.1, 0.15) is 32.1 Å². The van der Waals surface area contributed by atoms with Crippen molar-refractivity contribution in [2.24, 2.45) is 5.73 Å². The van der Waals surface area contributed by atoms with Gasteiger partial charge in [-0.25, -0.2) is 4.98 Å². The number of rotatable bonds is 4. The summed E-state index contributed by atoms with van der Waals surface area (Å²) in [5.74, 6) is 0.972. The molecule has 0 amide bonds. The molecule has 4 nitrogen and oxygen atoms in total. The van der Waals surface area contributed by atoms with Gasteiger partial charge in [0.25, 0.3) is 0 Å². The summed E-state index contributed by atoms with van der Waals surface area (Å²) in [5.41, 5.74) is 5.68. The van der Waals surface area contributed by atoms with Gasteiger partial charge in [-0.15, -0.1) is 0 Å². The van der Waals surface area contributed by atoms with Crippen molar-refractivity contribution in [3.8, 4) is 0 Å². The molecule has 2 N–H and O–H groups in total. The first-order valence-electron chi connectivity index (χ1n) is 6.14. The third-order valence-corrected chi connectivity index (χ3v) is 3.23. The standard InChI is InChI=1S/C12H20N4/c13-6-9-16(11-4-2-1-3-5-11)12-10-14-7-8-15-12/h7-8,10-11H,1-6,9,13H2. The fraction of sp³-hybridized carbons (Fsp3) is 0.667. The molecule has 0 bridgehead atoms. The Kier molecular flexibility index (Phi) is 4.10. The lowest BCUT2D eigenvalue weighted by Gasteiger charge is -2.34. The van der Waals surface area contributed by atoms with Gasteiger partial charge >= 0.3 is 0 Å². The highest BCUT2D eigenvalue weighted by atomic mass is 15.2. The normalized spacial score (nSPS) is 17.3. The summed E-state index contributed by atoms with van der Waals surface area (Å²) in [6.07, 6.45) is 11.8. The SMILES string of the molecule is NCCN(c1cnccn1)C1CCCCC1. The van der Waals surface area contributed by atoms with Crippen LogP contribution < -0.4 is 10.6 Å². The van der Waals surface area contributed by atoms with Crippen LogP contribution in [0.25, 0.3) is 0 Å². The van der Waals surface area contributed by atoms with Gasteiger partial charge in [0.15, 0.2) is 0 Å². The minimum atomic E-state index is 0.606. The molecule has 0 radical (unpaired) electrons. The predicted octanol–water partition coefficient (Wildman–Crippen LogP) is 1.57. The smallest absolute Gasteiger partial charge is 0.147 e. The van der Waals surface area contributed by atoms with E-state index in [0.29, 0.717) is 12.6 Å². The summed E-state index contributed by atoms with van der Waals surface area (Å²) in [4.78, 5) is 10.8. The molecule has 1 aromatic heterocycles. The maximum absolute atomic E-state index is 5.68. The van der Waals surface area contributed by atoms with Crippen LogP contribution in [-0.2, 0) is 0 Å². The van der Waals surface area contributed by atoms with Crippen LogP contribution in [-0.4, -0.2) is 29.1 Å². The summed E-state index contributed by atoms with van der Waals surface area (Å²) in [6.45, 7) is 1.55. The fourth-order valence-electron chi connectivity index (χ4n) is 2.46. The molecule has 0 saturated heterocycles. The van der Waals surface area contributed by atoms with Crippen LogP contribution in [0.15, 0.2) is 18.6 Å². The predicted molar refractivity (Wildman–Crippen MR) is 65.3 cm³/mol. The topological polar surface area (TPSA) is 55.0 Å². The molecular formula is C12H20N4. The van der Waals surface area contributed by atoms with Crippen LogP contribution in [0.2, 0.25) is 0 Å². The van der Waals surface area contributed by atoms with Crippen LogP contribution in [0.5, 0.6) is 0 Å². The summed E-state index contributed by atoms with van der Waals surface area (Å²) < 4.78 is 0. The Morgan fingerprint density at radius 3 is 2.69 bits per heavy atom. The number of hydrogen-bond donors (Lipinski definition) is 1. The second-order valence-corrected chi connectivity index (χ2v) is 4.34. The molecule has 0 atom stereocenters. The number of nitrogens with zero attached hydrogens (tertiary/aromatic N) is 3. The van der Waals surface area contributed by atoms with Gasteiger partial charge in [-0.05, 0) is 12.8 Å². The Hall–Kier alpha value is -1.16. The molecule has 1 aromatic rings. The lowest BCUT2D eigenvalue weighted by atomic mass is 9.94. The van der Waals surface area contributed by atoms with Gasteiger partial charge in [-0.3, -0.25) is 4.98 Å². The van der Waals surface area contributed by atoms with Crippen molar-refractivity contribution in [2.75, 3.05) is 18.0 Å². The zero-order valence-electron chi connectivity index (χ0n) is 9.68. The van der Waals surface area contributed by atoms with E-state index in [9.17, 15) is 0 Å². The van der Waals surface area contributed by atoms with Crippen molar-refractivity contribution in [3.05, 3.63) is 18.6 Å². The monoisotopic (exact) mass is 220 g/mol. The molecule has 1 heterocycles. The molecule has 1 fully saturated rings. The Morgan fingerprint density at radius 1 is 1.25 bits per heavy atom. The number of aromatic nitrogens is 2. The molecule has 4 heteroatoms. The average Bonchev–Trinajstić information content (AvgIpc) is 2.38. The van der Waals surface area contributed by atoms with Crippen molar-refractivity contribution in [3.63, 3.8) is 0 Å². The second-order valence-electron chi connectivity index (χ2n) is 4.34. The first kappa shape index (κ1) is 11.3. The zero-order valence-corrected chi connectivity index (χ0v) is 9.68. The fourth-order valence-corrected chi connectivity index (χ4v) is 2.46. The van der Waals surface area contributed by atoms with Gasteiger partial charge in [0, 0.05) is 31.5 Å². The van der Waals surface area contributed by atoms with Crippen molar-refractivity contribution >= 4 is 5.82 Å². The summed E-state index contributed by atoms with van der Waals surface area (Å²) >= 11 is 0. The largest absolute Gasteiger partial charge is 0.351 e. The van der Waals surface area contributed by atoms with E-state index < -0.39 is 0 Å². The van der Waals surface area contributed by atoms with E-state index in [0.717, 1.165) is 12.4 Å². The van der Waals surface area contributed by atoms with Gasteiger partial charge in [-0.2, -0.15) is 0 Å². The van der Waals surface area contributed by atoms with Gasteiger partial charge < -0.3 is 10.6 Å². The lowest BCUT2D eigenvalue weighted by molar-refractivity contribution is 0.414. The van der Waals surface area contributed by atoms with Crippen molar-refractivity contribution in [1.29, 1.82) is 0 Å². The van der Waals surface area contributed by atoms with Crippen LogP contribution in [0.3, 0.4) is 0 Å². The maximum Gasteiger partial charge on any atom is 0.147 e. The summed E-state index contributed by atoms with van der Waals surface area (Å²) in [5, 5.41) is 0. The van der Waals surface area contributed by atoms with Crippen molar-refractivity contribution in [1.82, 2.24) is 9.97 Å². The second kappa shape index (κ2) is 5.80. The minimum absolute atomic E-state index is 0.606. The van der Waals surface area contributed by atoms with E-state index in [1.165, 1.54) is 32.1 Å². The van der Waals surface area contributed by atoms with Gasteiger partial charge in [0.1, 0.15) is 5.82 Å². The van der Waals surface area contributed by atoms with Crippen molar-refractivity contribution in [2.45, 2.75) is 38.1 Å². The lowest BCUT2D eigenvalue weighted by Crippen LogP contribution is -2.40. The molecule has 1 aliphatic rings. The van der Waals surface area contributed by atoms with E-state index in [1.807, 2.05) is 6.20 Å². The van der Waals surface area contributed by atoms with Gasteiger partial charge in [0.05, 0.1) is 6.20 Å². The summed E-state index contributed by atoms with van der Waals surface area (Å²) in [6, 6.07) is 0.606. The van der Waals surface area contributed by atoms with Crippen LogP contribution in [0.4, 0.5) is 5.82 Å². The molecule has 88 valence electrons. The Balaban J connectivity index is 2.09. The van der Waals surface area contributed by atoms with Gasteiger partial charge in [0.2, 0.25) is 0 Å². The molecule has 0 unspecified atom stereocenters. The van der Waals surface area contributed by atoms with E-state index in [2.05, 4.69) is 14.9 Å². The molecule has 1 aliphatic carbocycles. The molecular weight excluding hydrogens is 200 g/mol. The molecule has 0 aliphatic heterocycles. The molecule has 0 aromatic carbocycles. The number of anilines is 1.